The van der Waals surface area contributed by atoms with Crippen LogP contribution in [0.5, 0.6) is 5.75 Å². The van der Waals surface area contributed by atoms with E-state index in [1.54, 1.807) is 24.3 Å². The van der Waals surface area contributed by atoms with Gasteiger partial charge in [-0.15, -0.1) is 0 Å². The van der Waals surface area contributed by atoms with Crippen molar-refractivity contribution < 1.29 is 5.11 Å². The van der Waals surface area contributed by atoms with Gasteiger partial charge in [-0.1, -0.05) is 23.2 Å². The molecule has 0 unspecified atom stereocenters. The first-order valence-corrected chi connectivity index (χ1v) is 5.98. The van der Waals surface area contributed by atoms with E-state index in [-0.39, 0.29) is 10.8 Å². The molecule has 0 aromatic heterocycles. The molecule has 1 N–H and O–H groups in total. The van der Waals surface area contributed by atoms with Crippen LogP contribution in [0.15, 0.2) is 46.6 Å². The molecular weight excluding hydrogens is 271 g/mol. The maximum absolute atomic E-state index is 9.28. The lowest BCUT2D eigenvalue weighted by molar-refractivity contribution is 0.475. The number of azo groups is 1. The predicted molar refractivity (Wildman–Crippen MR) is 73.5 cm³/mol. The van der Waals surface area contributed by atoms with E-state index in [4.69, 9.17) is 23.2 Å². The molecule has 0 aliphatic heterocycles. The molecule has 2 aromatic rings. The van der Waals surface area contributed by atoms with Gasteiger partial charge in [0.15, 0.2) is 0 Å². The van der Waals surface area contributed by atoms with Crippen molar-refractivity contribution in [1.82, 2.24) is 0 Å². The van der Waals surface area contributed by atoms with Crippen LogP contribution in [-0.4, -0.2) is 5.11 Å². The van der Waals surface area contributed by atoms with Crippen LogP contribution in [0.25, 0.3) is 0 Å². The lowest BCUT2D eigenvalue weighted by atomic mass is 10.2. The Balaban J connectivity index is 2.27. The zero-order valence-corrected chi connectivity index (χ0v) is 11.1. The zero-order chi connectivity index (χ0) is 13.1. The Hall–Kier alpha value is -1.58. The highest BCUT2D eigenvalue weighted by molar-refractivity contribution is 6.32. The molecule has 0 heterocycles. The Morgan fingerprint density at radius 1 is 1.00 bits per heavy atom. The highest BCUT2D eigenvalue weighted by atomic mass is 35.5. The Morgan fingerprint density at radius 3 is 2.44 bits per heavy atom. The van der Waals surface area contributed by atoms with Crippen LogP contribution >= 0.6 is 23.2 Å². The molecule has 2 rings (SSSR count). The van der Waals surface area contributed by atoms with Crippen LogP contribution in [0.1, 0.15) is 5.56 Å². The van der Waals surface area contributed by atoms with Gasteiger partial charge < -0.3 is 5.11 Å². The number of aryl methyl sites for hydroxylation is 1. The molecule has 0 aliphatic rings. The number of nitrogens with zero attached hydrogens (tertiary/aromatic N) is 2. The molecule has 0 aliphatic carbocycles. The summed E-state index contributed by atoms with van der Waals surface area (Å²) in [5.74, 6) is 0.0262. The minimum atomic E-state index is 0.0262. The number of phenols is 1. The van der Waals surface area contributed by atoms with Crippen LogP contribution in [0.3, 0.4) is 0 Å². The van der Waals surface area contributed by atoms with Crippen molar-refractivity contribution in [2.45, 2.75) is 6.92 Å². The van der Waals surface area contributed by atoms with Gasteiger partial charge in [0.1, 0.15) is 5.75 Å². The summed E-state index contributed by atoms with van der Waals surface area (Å²) in [6.07, 6.45) is 0. The van der Waals surface area contributed by atoms with Gasteiger partial charge in [-0.25, -0.2) is 0 Å². The first-order chi connectivity index (χ1) is 8.56. The van der Waals surface area contributed by atoms with Crippen molar-refractivity contribution >= 4 is 34.6 Å². The molecule has 0 bridgehead atoms. The number of phenolic OH excluding ortho intramolecular Hbond substituents is 1. The third-order valence-corrected chi connectivity index (χ3v) is 2.90. The Labute approximate surface area is 115 Å². The number of benzene rings is 2. The molecule has 3 nitrogen and oxygen atoms in total. The molecule has 0 amide bonds. The van der Waals surface area contributed by atoms with Gasteiger partial charge in [0.05, 0.1) is 16.4 Å². The van der Waals surface area contributed by atoms with E-state index < -0.39 is 0 Å². The summed E-state index contributed by atoms with van der Waals surface area (Å²) in [4.78, 5) is 0. The van der Waals surface area contributed by atoms with Gasteiger partial charge in [0.2, 0.25) is 0 Å². The fourth-order valence-electron chi connectivity index (χ4n) is 1.40. The van der Waals surface area contributed by atoms with Crippen LogP contribution < -0.4 is 0 Å². The highest BCUT2D eigenvalue weighted by Crippen LogP contribution is 2.29. The fourth-order valence-corrected chi connectivity index (χ4v) is 1.80. The lowest BCUT2D eigenvalue weighted by Gasteiger charge is -2.00. The molecule has 92 valence electrons. The SMILES string of the molecule is Cc1cc(Cl)ccc1N=Nc1ccc(O)c(Cl)c1. The van der Waals surface area contributed by atoms with Gasteiger partial charge in [0.25, 0.3) is 0 Å². The topological polar surface area (TPSA) is 45.0 Å². The van der Waals surface area contributed by atoms with E-state index in [9.17, 15) is 5.11 Å². The van der Waals surface area contributed by atoms with Crippen molar-refractivity contribution in [2.75, 3.05) is 0 Å². The normalized spacial score (nSPS) is 11.1. The van der Waals surface area contributed by atoms with E-state index in [2.05, 4.69) is 10.2 Å². The molecule has 0 saturated heterocycles. The monoisotopic (exact) mass is 280 g/mol. The van der Waals surface area contributed by atoms with Crippen LogP contribution in [0.2, 0.25) is 10.0 Å². The summed E-state index contributed by atoms with van der Waals surface area (Å²) in [5, 5.41) is 18.4. The van der Waals surface area contributed by atoms with Crippen molar-refractivity contribution in [2.24, 2.45) is 10.2 Å². The molecule has 0 saturated carbocycles. The van der Waals surface area contributed by atoms with Crippen molar-refractivity contribution in [3.63, 3.8) is 0 Å². The molecule has 0 radical (unpaired) electrons. The quantitative estimate of drug-likeness (QED) is 0.733. The van der Waals surface area contributed by atoms with Crippen molar-refractivity contribution in [3.8, 4) is 5.75 Å². The average Bonchev–Trinajstić information content (AvgIpc) is 2.32. The first kappa shape index (κ1) is 12.9. The highest BCUT2D eigenvalue weighted by Gasteiger charge is 2.00. The van der Waals surface area contributed by atoms with Gasteiger partial charge in [-0.05, 0) is 48.9 Å². The fraction of sp³-hybridized carbons (Fsp3) is 0.0769. The maximum atomic E-state index is 9.28. The summed E-state index contributed by atoms with van der Waals surface area (Å²) in [5.41, 5.74) is 2.26. The minimum Gasteiger partial charge on any atom is -0.506 e. The van der Waals surface area contributed by atoms with E-state index in [0.717, 1.165) is 11.3 Å². The molecule has 0 spiro atoms. The summed E-state index contributed by atoms with van der Waals surface area (Å²) in [6, 6.07) is 10.0. The van der Waals surface area contributed by atoms with Gasteiger partial charge in [0, 0.05) is 5.02 Å². The van der Waals surface area contributed by atoms with Gasteiger partial charge >= 0.3 is 0 Å². The first-order valence-electron chi connectivity index (χ1n) is 5.22. The van der Waals surface area contributed by atoms with E-state index in [0.29, 0.717) is 10.7 Å². The number of halogens is 2. The summed E-state index contributed by atoms with van der Waals surface area (Å²) in [7, 11) is 0. The number of aromatic hydroxyl groups is 1. The predicted octanol–water partition coefficient (Wildman–Crippen LogP) is 5.42. The third-order valence-electron chi connectivity index (χ3n) is 2.36. The lowest BCUT2D eigenvalue weighted by Crippen LogP contribution is -1.73. The van der Waals surface area contributed by atoms with Crippen molar-refractivity contribution in [1.29, 1.82) is 0 Å². The average molecular weight is 281 g/mol. The van der Waals surface area contributed by atoms with Gasteiger partial charge in [-0.2, -0.15) is 10.2 Å². The number of hydrogen-bond acceptors (Lipinski definition) is 3. The summed E-state index contributed by atoms with van der Waals surface area (Å²) >= 11 is 11.6. The van der Waals surface area contributed by atoms with Gasteiger partial charge in [-0.3, -0.25) is 0 Å². The second-order valence-corrected chi connectivity index (χ2v) is 4.61. The Bertz CT molecular complexity index is 612. The molecule has 0 atom stereocenters. The summed E-state index contributed by atoms with van der Waals surface area (Å²) in [6.45, 7) is 1.91. The molecule has 18 heavy (non-hydrogen) atoms. The van der Waals surface area contributed by atoms with Crippen LogP contribution in [0, 0.1) is 6.92 Å². The van der Waals surface area contributed by atoms with E-state index in [1.165, 1.54) is 6.07 Å². The Morgan fingerprint density at radius 2 is 1.78 bits per heavy atom. The second kappa shape index (κ2) is 5.38. The maximum Gasteiger partial charge on any atom is 0.134 e. The van der Waals surface area contributed by atoms with Crippen molar-refractivity contribution in [3.05, 3.63) is 52.0 Å². The molecule has 0 fully saturated rings. The second-order valence-electron chi connectivity index (χ2n) is 3.77. The molecule has 5 heteroatoms. The van der Waals surface area contributed by atoms with Crippen LogP contribution in [0.4, 0.5) is 11.4 Å². The van der Waals surface area contributed by atoms with Crippen LogP contribution in [-0.2, 0) is 0 Å². The zero-order valence-electron chi connectivity index (χ0n) is 9.56. The standard InChI is InChI=1S/C13H10Cl2N2O/c1-8-6-9(14)2-4-12(8)17-16-10-3-5-13(18)11(15)7-10/h2-7,18H,1H3. The summed E-state index contributed by atoms with van der Waals surface area (Å²) < 4.78 is 0. The number of rotatable bonds is 2. The van der Waals surface area contributed by atoms with E-state index >= 15 is 0 Å². The Kier molecular flexibility index (Phi) is 3.84. The largest absolute Gasteiger partial charge is 0.506 e. The smallest absolute Gasteiger partial charge is 0.134 e. The third kappa shape index (κ3) is 3.00. The molecule has 2 aromatic carbocycles. The van der Waals surface area contributed by atoms with E-state index in [1.807, 2.05) is 13.0 Å². The molecular formula is C13H10Cl2N2O. The minimum absolute atomic E-state index is 0.0262. The number of hydrogen-bond donors (Lipinski definition) is 1.